The monoisotopic (exact) mass is 279 g/mol. The Kier molecular flexibility index (Phi) is 4.90. The number of hydrogen-bond donors (Lipinski definition) is 1. The third kappa shape index (κ3) is 3.67. The van der Waals surface area contributed by atoms with Crippen LogP contribution in [0.1, 0.15) is 36.5 Å². The van der Waals surface area contributed by atoms with Crippen molar-refractivity contribution < 1.29 is 13.2 Å². The summed E-state index contributed by atoms with van der Waals surface area (Å²) in [5.74, 6) is 0.742. The van der Waals surface area contributed by atoms with Gasteiger partial charge >= 0.3 is 0 Å². The maximum Gasteiger partial charge on any atom is 0.126 e. The molecule has 0 amide bonds. The lowest BCUT2D eigenvalue weighted by atomic mass is 10.0. The molecule has 4 heteroatoms. The second-order valence-electron chi connectivity index (χ2n) is 4.89. The molecule has 1 aromatic heterocycles. The van der Waals surface area contributed by atoms with Crippen LogP contribution in [-0.4, -0.2) is 6.54 Å². The standard InChI is InChI=1S/C16H19F2NO/c1-3-8-19-15(16-7-4-11(2)20-16)10-12-9-13(17)5-6-14(12)18/h4-7,9,15,19H,3,8,10H2,1-2H3. The van der Waals surface area contributed by atoms with Gasteiger partial charge in [0.1, 0.15) is 23.2 Å². The molecular weight excluding hydrogens is 260 g/mol. The molecule has 2 nitrogen and oxygen atoms in total. The first-order valence-electron chi connectivity index (χ1n) is 6.83. The van der Waals surface area contributed by atoms with Gasteiger partial charge in [-0.15, -0.1) is 0 Å². The fourth-order valence-corrected chi connectivity index (χ4v) is 2.15. The summed E-state index contributed by atoms with van der Waals surface area (Å²) in [6.07, 6.45) is 1.32. The van der Waals surface area contributed by atoms with E-state index in [-0.39, 0.29) is 6.04 Å². The molecule has 0 radical (unpaired) electrons. The molecule has 2 aromatic rings. The number of nitrogens with one attached hydrogen (secondary N) is 1. The zero-order valence-corrected chi connectivity index (χ0v) is 11.7. The maximum absolute atomic E-state index is 13.7. The molecule has 0 saturated heterocycles. The molecule has 0 fully saturated rings. The Morgan fingerprint density at radius 3 is 2.65 bits per heavy atom. The fourth-order valence-electron chi connectivity index (χ4n) is 2.15. The van der Waals surface area contributed by atoms with Crippen LogP contribution in [0.4, 0.5) is 8.78 Å². The van der Waals surface area contributed by atoms with Crippen LogP contribution in [0.5, 0.6) is 0 Å². The molecule has 1 unspecified atom stereocenters. The molecule has 1 N–H and O–H groups in total. The average Bonchev–Trinajstić information content (AvgIpc) is 2.85. The molecule has 20 heavy (non-hydrogen) atoms. The van der Waals surface area contributed by atoms with Crippen LogP contribution in [0, 0.1) is 18.6 Å². The Morgan fingerprint density at radius 1 is 1.20 bits per heavy atom. The lowest BCUT2D eigenvalue weighted by Crippen LogP contribution is -2.24. The molecule has 0 aliphatic rings. The van der Waals surface area contributed by atoms with Gasteiger partial charge in [-0.3, -0.25) is 0 Å². The number of halogens is 2. The van der Waals surface area contributed by atoms with Gasteiger partial charge in [-0.1, -0.05) is 6.92 Å². The highest BCUT2D eigenvalue weighted by molar-refractivity contribution is 5.22. The second-order valence-corrected chi connectivity index (χ2v) is 4.89. The van der Waals surface area contributed by atoms with Gasteiger partial charge in [-0.25, -0.2) is 8.78 Å². The second kappa shape index (κ2) is 6.66. The van der Waals surface area contributed by atoms with Crippen molar-refractivity contribution in [3.63, 3.8) is 0 Å². The Bertz CT molecular complexity index is 565. The summed E-state index contributed by atoms with van der Waals surface area (Å²) in [6.45, 7) is 4.71. The topological polar surface area (TPSA) is 25.2 Å². The summed E-state index contributed by atoms with van der Waals surface area (Å²) in [7, 11) is 0. The predicted octanol–water partition coefficient (Wildman–Crippen LogP) is 4.15. The third-order valence-corrected chi connectivity index (χ3v) is 3.18. The first-order valence-corrected chi connectivity index (χ1v) is 6.83. The first-order chi connectivity index (χ1) is 9.60. The van der Waals surface area contributed by atoms with Gasteiger partial charge in [-0.2, -0.15) is 0 Å². The number of furan rings is 1. The lowest BCUT2D eigenvalue weighted by Gasteiger charge is -2.17. The van der Waals surface area contributed by atoms with Crippen LogP contribution in [0.2, 0.25) is 0 Å². The van der Waals surface area contributed by atoms with Crippen molar-refractivity contribution >= 4 is 0 Å². The summed E-state index contributed by atoms with van der Waals surface area (Å²) < 4.78 is 32.6. The highest BCUT2D eigenvalue weighted by Crippen LogP contribution is 2.22. The largest absolute Gasteiger partial charge is 0.465 e. The van der Waals surface area contributed by atoms with Crippen LogP contribution < -0.4 is 5.32 Å². The average molecular weight is 279 g/mol. The van der Waals surface area contributed by atoms with Crippen LogP contribution in [0.25, 0.3) is 0 Å². The van der Waals surface area contributed by atoms with E-state index in [4.69, 9.17) is 4.42 Å². The molecule has 108 valence electrons. The molecule has 0 bridgehead atoms. The number of hydrogen-bond acceptors (Lipinski definition) is 2. The summed E-state index contributed by atoms with van der Waals surface area (Å²) in [6, 6.07) is 7.13. The van der Waals surface area contributed by atoms with Crippen LogP contribution in [0.15, 0.2) is 34.7 Å². The number of aryl methyl sites for hydroxylation is 1. The van der Waals surface area contributed by atoms with Crippen molar-refractivity contribution in [2.24, 2.45) is 0 Å². The Labute approximate surface area is 117 Å². The molecular formula is C16H19F2NO. The molecule has 0 spiro atoms. The minimum Gasteiger partial charge on any atom is -0.465 e. The highest BCUT2D eigenvalue weighted by atomic mass is 19.1. The van der Waals surface area contributed by atoms with Crippen molar-refractivity contribution in [3.05, 3.63) is 59.1 Å². The van der Waals surface area contributed by atoms with E-state index in [2.05, 4.69) is 12.2 Å². The van der Waals surface area contributed by atoms with Crippen molar-refractivity contribution in [2.75, 3.05) is 6.54 Å². The van der Waals surface area contributed by atoms with Crippen molar-refractivity contribution in [1.29, 1.82) is 0 Å². The molecule has 1 heterocycles. The van der Waals surface area contributed by atoms with Gasteiger partial charge in [0.2, 0.25) is 0 Å². The Balaban J connectivity index is 2.21. The van der Waals surface area contributed by atoms with E-state index in [1.807, 2.05) is 19.1 Å². The fraction of sp³-hybridized carbons (Fsp3) is 0.375. The SMILES string of the molecule is CCCNC(Cc1cc(F)ccc1F)c1ccc(C)o1. The number of benzene rings is 1. The molecule has 1 aromatic carbocycles. The summed E-state index contributed by atoms with van der Waals surface area (Å²) in [4.78, 5) is 0. The molecule has 0 aliphatic carbocycles. The Hall–Kier alpha value is -1.68. The smallest absolute Gasteiger partial charge is 0.126 e. The van der Waals surface area contributed by atoms with Gasteiger partial charge in [-0.05, 0) is 62.2 Å². The van der Waals surface area contributed by atoms with E-state index in [1.165, 1.54) is 6.07 Å². The normalized spacial score (nSPS) is 12.6. The third-order valence-electron chi connectivity index (χ3n) is 3.18. The van der Waals surface area contributed by atoms with Crippen molar-refractivity contribution in [1.82, 2.24) is 5.32 Å². The minimum absolute atomic E-state index is 0.153. The van der Waals surface area contributed by atoms with Gasteiger partial charge in [0, 0.05) is 0 Å². The van der Waals surface area contributed by atoms with Gasteiger partial charge < -0.3 is 9.73 Å². The van der Waals surface area contributed by atoms with E-state index in [0.717, 1.165) is 36.6 Å². The molecule has 2 rings (SSSR count). The highest BCUT2D eigenvalue weighted by Gasteiger charge is 2.17. The summed E-state index contributed by atoms with van der Waals surface area (Å²) >= 11 is 0. The quantitative estimate of drug-likeness (QED) is 0.859. The van der Waals surface area contributed by atoms with Crippen molar-refractivity contribution in [3.8, 4) is 0 Å². The van der Waals surface area contributed by atoms with E-state index < -0.39 is 11.6 Å². The zero-order chi connectivity index (χ0) is 14.5. The van der Waals surface area contributed by atoms with E-state index in [1.54, 1.807) is 0 Å². The van der Waals surface area contributed by atoms with Crippen LogP contribution in [-0.2, 0) is 6.42 Å². The van der Waals surface area contributed by atoms with E-state index in [0.29, 0.717) is 12.0 Å². The summed E-state index contributed by atoms with van der Waals surface area (Å²) in [5, 5.41) is 3.31. The zero-order valence-electron chi connectivity index (χ0n) is 11.7. The van der Waals surface area contributed by atoms with Crippen molar-refractivity contribution in [2.45, 2.75) is 32.7 Å². The van der Waals surface area contributed by atoms with Gasteiger partial charge in [0.15, 0.2) is 0 Å². The molecule has 0 saturated carbocycles. The number of rotatable bonds is 6. The minimum atomic E-state index is -0.425. The predicted molar refractivity (Wildman–Crippen MR) is 74.5 cm³/mol. The van der Waals surface area contributed by atoms with E-state index in [9.17, 15) is 8.78 Å². The first kappa shape index (κ1) is 14.7. The van der Waals surface area contributed by atoms with E-state index >= 15 is 0 Å². The van der Waals surface area contributed by atoms with Gasteiger partial charge in [0.05, 0.1) is 6.04 Å². The van der Waals surface area contributed by atoms with Crippen LogP contribution >= 0.6 is 0 Å². The molecule has 0 aliphatic heterocycles. The van der Waals surface area contributed by atoms with Gasteiger partial charge in [0.25, 0.3) is 0 Å². The van der Waals surface area contributed by atoms with Crippen LogP contribution in [0.3, 0.4) is 0 Å². The summed E-state index contributed by atoms with van der Waals surface area (Å²) in [5.41, 5.74) is 0.354. The maximum atomic E-state index is 13.7. The lowest BCUT2D eigenvalue weighted by molar-refractivity contribution is 0.395. The molecule has 1 atom stereocenters. The Morgan fingerprint density at radius 2 is 2.00 bits per heavy atom.